The Morgan fingerprint density at radius 3 is 2.54 bits per heavy atom. The molecule has 13 heavy (non-hydrogen) atoms. The van der Waals surface area contributed by atoms with Crippen molar-refractivity contribution < 1.29 is 4.79 Å². The van der Waals surface area contributed by atoms with Crippen LogP contribution < -0.4 is 11.2 Å². The van der Waals surface area contributed by atoms with Crippen LogP contribution in [0.5, 0.6) is 0 Å². The van der Waals surface area contributed by atoms with E-state index in [1.165, 1.54) is 13.1 Å². The standard InChI is InChI=1S/C9H11N3O/c1-7(13)12-9-4-2-8(3-5-9)6-11-10/h2-6H,10H2,1H3,(H,12,13). The van der Waals surface area contributed by atoms with Crippen molar-refractivity contribution in [1.82, 2.24) is 0 Å². The number of benzene rings is 1. The first-order valence-electron chi connectivity index (χ1n) is 3.83. The van der Waals surface area contributed by atoms with Gasteiger partial charge >= 0.3 is 0 Å². The fraction of sp³-hybridized carbons (Fsp3) is 0.111. The van der Waals surface area contributed by atoms with Crippen molar-refractivity contribution in [3.05, 3.63) is 29.8 Å². The highest BCUT2D eigenvalue weighted by atomic mass is 16.1. The third kappa shape index (κ3) is 2.94. The van der Waals surface area contributed by atoms with Crippen molar-refractivity contribution in [2.75, 3.05) is 5.32 Å². The molecule has 1 aromatic carbocycles. The zero-order chi connectivity index (χ0) is 9.68. The van der Waals surface area contributed by atoms with E-state index < -0.39 is 0 Å². The number of carbonyl (C=O) groups is 1. The molecule has 0 aromatic heterocycles. The van der Waals surface area contributed by atoms with Gasteiger partial charge in [0.15, 0.2) is 0 Å². The molecule has 0 spiro atoms. The summed E-state index contributed by atoms with van der Waals surface area (Å²) in [5.41, 5.74) is 1.67. The molecular formula is C9H11N3O. The van der Waals surface area contributed by atoms with Crippen molar-refractivity contribution in [1.29, 1.82) is 0 Å². The minimum Gasteiger partial charge on any atom is -0.326 e. The van der Waals surface area contributed by atoms with E-state index >= 15 is 0 Å². The van der Waals surface area contributed by atoms with Crippen molar-refractivity contribution in [3.63, 3.8) is 0 Å². The van der Waals surface area contributed by atoms with Gasteiger partial charge in [0.25, 0.3) is 0 Å². The maximum Gasteiger partial charge on any atom is 0.221 e. The number of rotatable bonds is 2. The van der Waals surface area contributed by atoms with E-state index in [-0.39, 0.29) is 5.91 Å². The Morgan fingerprint density at radius 2 is 2.08 bits per heavy atom. The van der Waals surface area contributed by atoms with Gasteiger partial charge in [0.05, 0.1) is 6.21 Å². The Labute approximate surface area is 76.4 Å². The lowest BCUT2D eigenvalue weighted by molar-refractivity contribution is -0.114. The van der Waals surface area contributed by atoms with E-state index in [2.05, 4.69) is 10.4 Å². The second-order valence-electron chi connectivity index (χ2n) is 2.58. The van der Waals surface area contributed by atoms with Crippen LogP contribution in [0.3, 0.4) is 0 Å². The lowest BCUT2D eigenvalue weighted by Gasteiger charge is -2.00. The van der Waals surface area contributed by atoms with Crippen LogP contribution in [0, 0.1) is 0 Å². The Balaban J connectivity index is 2.75. The molecule has 0 heterocycles. The molecule has 68 valence electrons. The lowest BCUT2D eigenvalue weighted by atomic mass is 10.2. The molecule has 0 radical (unpaired) electrons. The van der Waals surface area contributed by atoms with Crippen LogP contribution in [0.4, 0.5) is 5.69 Å². The highest BCUT2D eigenvalue weighted by Gasteiger charge is 1.93. The smallest absolute Gasteiger partial charge is 0.221 e. The summed E-state index contributed by atoms with van der Waals surface area (Å²) in [6.45, 7) is 1.47. The average Bonchev–Trinajstić information content (AvgIpc) is 2.08. The molecule has 3 N–H and O–H groups in total. The van der Waals surface area contributed by atoms with Crippen molar-refractivity contribution in [2.45, 2.75) is 6.92 Å². The summed E-state index contributed by atoms with van der Waals surface area (Å²) in [5.74, 6) is 4.90. The number of carbonyl (C=O) groups excluding carboxylic acids is 1. The number of hydrogen-bond donors (Lipinski definition) is 2. The molecule has 1 rings (SSSR count). The monoisotopic (exact) mass is 177 g/mol. The second-order valence-corrected chi connectivity index (χ2v) is 2.58. The topological polar surface area (TPSA) is 67.5 Å². The van der Waals surface area contributed by atoms with E-state index in [0.29, 0.717) is 0 Å². The van der Waals surface area contributed by atoms with Crippen molar-refractivity contribution >= 4 is 17.8 Å². The van der Waals surface area contributed by atoms with Crippen LogP contribution in [0.25, 0.3) is 0 Å². The Bertz CT molecular complexity index is 316. The molecule has 4 nitrogen and oxygen atoms in total. The molecule has 0 saturated heterocycles. The van der Waals surface area contributed by atoms with Crippen LogP contribution in [0.2, 0.25) is 0 Å². The van der Waals surface area contributed by atoms with Gasteiger partial charge in [-0.1, -0.05) is 12.1 Å². The first-order valence-corrected chi connectivity index (χ1v) is 3.83. The van der Waals surface area contributed by atoms with Gasteiger partial charge in [0.2, 0.25) is 5.91 Å². The van der Waals surface area contributed by atoms with Gasteiger partial charge in [-0.25, -0.2) is 0 Å². The lowest BCUT2D eigenvalue weighted by Crippen LogP contribution is -2.05. The number of amides is 1. The fourth-order valence-corrected chi connectivity index (χ4v) is 0.942. The summed E-state index contributed by atoms with van der Waals surface area (Å²) in [7, 11) is 0. The summed E-state index contributed by atoms with van der Waals surface area (Å²) in [6.07, 6.45) is 1.54. The summed E-state index contributed by atoms with van der Waals surface area (Å²) in [4.78, 5) is 10.7. The van der Waals surface area contributed by atoms with Gasteiger partial charge < -0.3 is 11.2 Å². The SMILES string of the molecule is CC(=O)Nc1ccc(C=NN)cc1. The number of nitrogens with zero attached hydrogens (tertiary/aromatic N) is 1. The van der Waals surface area contributed by atoms with Crippen LogP contribution in [-0.2, 0) is 4.79 Å². The van der Waals surface area contributed by atoms with Crippen molar-refractivity contribution in [2.24, 2.45) is 10.9 Å². The largest absolute Gasteiger partial charge is 0.326 e. The van der Waals surface area contributed by atoms with Crippen LogP contribution >= 0.6 is 0 Å². The second kappa shape index (κ2) is 4.25. The van der Waals surface area contributed by atoms with E-state index in [1.54, 1.807) is 12.1 Å². The minimum absolute atomic E-state index is 0.0831. The number of nitrogens with one attached hydrogen (secondary N) is 1. The van der Waals surface area contributed by atoms with E-state index in [4.69, 9.17) is 5.84 Å². The molecule has 1 aromatic rings. The highest BCUT2D eigenvalue weighted by molar-refractivity contribution is 5.89. The third-order valence-electron chi connectivity index (χ3n) is 1.45. The molecule has 0 saturated carbocycles. The Morgan fingerprint density at radius 1 is 1.46 bits per heavy atom. The number of hydrogen-bond acceptors (Lipinski definition) is 3. The maximum atomic E-state index is 10.7. The minimum atomic E-state index is -0.0831. The van der Waals surface area contributed by atoms with E-state index in [0.717, 1.165) is 11.3 Å². The van der Waals surface area contributed by atoms with Gasteiger partial charge in [-0.2, -0.15) is 5.10 Å². The van der Waals surface area contributed by atoms with Gasteiger partial charge in [0.1, 0.15) is 0 Å². The van der Waals surface area contributed by atoms with Crippen LogP contribution in [-0.4, -0.2) is 12.1 Å². The fourth-order valence-electron chi connectivity index (χ4n) is 0.942. The average molecular weight is 177 g/mol. The first kappa shape index (κ1) is 9.25. The third-order valence-corrected chi connectivity index (χ3v) is 1.45. The quantitative estimate of drug-likeness (QED) is 0.401. The normalized spacial score (nSPS) is 10.2. The van der Waals surface area contributed by atoms with Gasteiger partial charge in [-0.15, -0.1) is 0 Å². The summed E-state index contributed by atoms with van der Waals surface area (Å²) < 4.78 is 0. The number of nitrogens with two attached hydrogens (primary N) is 1. The van der Waals surface area contributed by atoms with E-state index in [1.807, 2.05) is 12.1 Å². The molecular weight excluding hydrogens is 166 g/mol. The molecule has 0 fully saturated rings. The van der Waals surface area contributed by atoms with Crippen LogP contribution in [0.15, 0.2) is 29.4 Å². The summed E-state index contributed by atoms with van der Waals surface area (Å²) >= 11 is 0. The molecule has 0 aliphatic carbocycles. The molecule has 0 aliphatic heterocycles. The number of hydrazone groups is 1. The van der Waals surface area contributed by atoms with Crippen molar-refractivity contribution in [3.8, 4) is 0 Å². The summed E-state index contributed by atoms with van der Waals surface area (Å²) in [5, 5.41) is 6.04. The Kier molecular flexibility index (Phi) is 3.03. The molecule has 0 bridgehead atoms. The maximum absolute atomic E-state index is 10.7. The molecule has 0 atom stereocenters. The summed E-state index contributed by atoms with van der Waals surface area (Å²) in [6, 6.07) is 7.22. The molecule has 4 heteroatoms. The molecule has 0 unspecified atom stereocenters. The Hall–Kier alpha value is -1.84. The molecule has 1 amide bonds. The van der Waals surface area contributed by atoms with Gasteiger partial charge in [-0.05, 0) is 17.7 Å². The molecule has 0 aliphatic rings. The van der Waals surface area contributed by atoms with E-state index in [9.17, 15) is 4.79 Å². The van der Waals surface area contributed by atoms with Gasteiger partial charge in [-0.3, -0.25) is 4.79 Å². The van der Waals surface area contributed by atoms with Crippen LogP contribution in [0.1, 0.15) is 12.5 Å². The number of anilines is 1. The highest BCUT2D eigenvalue weighted by Crippen LogP contribution is 2.07. The first-order chi connectivity index (χ1) is 6.22. The zero-order valence-corrected chi connectivity index (χ0v) is 7.32. The predicted molar refractivity (Wildman–Crippen MR) is 52.5 cm³/mol. The van der Waals surface area contributed by atoms with Gasteiger partial charge in [0, 0.05) is 12.6 Å². The zero-order valence-electron chi connectivity index (χ0n) is 7.32. The predicted octanol–water partition coefficient (Wildman–Crippen LogP) is 0.938.